The molecule has 19 heavy (non-hydrogen) atoms. The molecule has 106 valence electrons. The van der Waals surface area contributed by atoms with Gasteiger partial charge in [0, 0.05) is 5.41 Å². The first kappa shape index (κ1) is 15.5. The number of hydrogen-bond donors (Lipinski definition) is 2. The Labute approximate surface area is 109 Å². The molecule has 0 unspecified atom stereocenters. The average molecular weight is 292 g/mol. The van der Waals surface area contributed by atoms with Crippen LogP contribution in [0.4, 0.5) is 14.5 Å². The average Bonchev–Trinajstić information content (AvgIpc) is 2.19. The second-order valence-electron chi connectivity index (χ2n) is 5.01. The van der Waals surface area contributed by atoms with Crippen LogP contribution in [-0.2, 0) is 14.8 Å². The van der Waals surface area contributed by atoms with Crippen molar-refractivity contribution < 1.29 is 22.0 Å². The lowest BCUT2D eigenvalue weighted by atomic mass is 9.95. The van der Waals surface area contributed by atoms with E-state index in [2.05, 4.69) is 5.32 Å². The minimum absolute atomic E-state index is 0.552. The normalized spacial score (nSPS) is 12.3. The van der Waals surface area contributed by atoms with Crippen molar-refractivity contribution in [1.82, 2.24) is 0 Å². The Balaban J connectivity index is 3.23. The van der Waals surface area contributed by atoms with Crippen LogP contribution in [0, 0.1) is 17.0 Å². The van der Waals surface area contributed by atoms with Crippen LogP contribution >= 0.6 is 0 Å². The molecule has 1 aromatic carbocycles. The fourth-order valence-corrected chi connectivity index (χ4v) is 1.67. The number of primary sulfonamides is 1. The SMILES string of the molecule is CC(C)(C)C(=O)Nc1c(F)cc(S(N)(=O)=O)cc1F. The van der Waals surface area contributed by atoms with Crippen LogP contribution < -0.4 is 10.5 Å². The summed E-state index contributed by atoms with van der Waals surface area (Å²) in [6, 6.07) is 1.10. The number of anilines is 1. The third-order valence-corrected chi connectivity index (χ3v) is 3.16. The Kier molecular flexibility index (Phi) is 3.97. The van der Waals surface area contributed by atoms with Crippen molar-refractivity contribution in [2.75, 3.05) is 5.32 Å². The van der Waals surface area contributed by atoms with E-state index in [1.54, 1.807) is 20.8 Å². The topological polar surface area (TPSA) is 89.3 Å². The van der Waals surface area contributed by atoms with Crippen molar-refractivity contribution in [2.45, 2.75) is 25.7 Å². The van der Waals surface area contributed by atoms with Crippen LogP contribution in [0.25, 0.3) is 0 Å². The van der Waals surface area contributed by atoms with Crippen LogP contribution in [0.15, 0.2) is 17.0 Å². The van der Waals surface area contributed by atoms with Crippen molar-refractivity contribution in [3.8, 4) is 0 Å². The van der Waals surface area contributed by atoms with Crippen molar-refractivity contribution in [2.24, 2.45) is 10.6 Å². The molecule has 1 rings (SSSR count). The molecule has 0 aromatic heterocycles. The van der Waals surface area contributed by atoms with E-state index < -0.39 is 43.6 Å². The van der Waals surface area contributed by atoms with Gasteiger partial charge in [-0.1, -0.05) is 20.8 Å². The fraction of sp³-hybridized carbons (Fsp3) is 0.364. The van der Waals surface area contributed by atoms with Gasteiger partial charge >= 0.3 is 0 Å². The number of carbonyl (C=O) groups excluding carboxylic acids is 1. The number of nitrogens with two attached hydrogens (primary N) is 1. The van der Waals surface area contributed by atoms with Gasteiger partial charge in [0.25, 0.3) is 0 Å². The maximum absolute atomic E-state index is 13.6. The monoisotopic (exact) mass is 292 g/mol. The van der Waals surface area contributed by atoms with Crippen LogP contribution in [-0.4, -0.2) is 14.3 Å². The molecule has 0 saturated heterocycles. The van der Waals surface area contributed by atoms with E-state index in [0.29, 0.717) is 12.1 Å². The minimum atomic E-state index is -4.21. The molecule has 0 fully saturated rings. The van der Waals surface area contributed by atoms with Gasteiger partial charge in [0.1, 0.15) is 5.69 Å². The Morgan fingerprint density at radius 2 is 1.63 bits per heavy atom. The second kappa shape index (κ2) is 4.86. The van der Waals surface area contributed by atoms with Gasteiger partial charge in [-0.05, 0) is 12.1 Å². The van der Waals surface area contributed by atoms with E-state index in [1.165, 1.54) is 0 Å². The van der Waals surface area contributed by atoms with Crippen molar-refractivity contribution in [3.05, 3.63) is 23.8 Å². The van der Waals surface area contributed by atoms with E-state index in [-0.39, 0.29) is 0 Å². The molecule has 3 N–H and O–H groups in total. The molecule has 0 bridgehead atoms. The molecule has 8 heteroatoms. The van der Waals surface area contributed by atoms with Gasteiger partial charge in [-0.3, -0.25) is 4.79 Å². The number of carbonyl (C=O) groups is 1. The molecule has 0 heterocycles. The third kappa shape index (κ3) is 3.71. The first-order chi connectivity index (χ1) is 8.43. The lowest BCUT2D eigenvalue weighted by molar-refractivity contribution is -0.123. The molecule has 1 aromatic rings. The summed E-state index contributed by atoms with van der Waals surface area (Å²) in [6.07, 6.45) is 0. The fourth-order valence-electron chi connectivity index (χ4n) is 1.13. The molecule has 0 atom stereocenters. The van der Waals surface area contributed by atoms with Crippen LogP contribution in [0.1, 0.15) is 20.8 Å². The maximum atomic E-state index is 13.6. The first-order valence-corrected chi connectivity index (χ1v) is 6.81. The summed E-state index contributed by atoms with van der Waals surface area (Å²) in [5.74, 6) is -3.02. The molecule has 5 nitrogen and oxygen atoms in total. The largest absolute Gasteiger partial charge is 0.321 e. The van der Waals surface area contributed by atoms with Gasteiger partial charge in [-0.15, -0.1) is 0 Å². The highest BCUT2D eigenvalue weighted by Crippen LogP contribution is 2.25. The lowest BCUT2D eigenvalue weighted by Crippen LogP contribution is -2.28. The summed E-state index contributed by atoms with van der Waals surface area (Å²) < 4.78 is 49.2. The van der Waals surface area contributed by atoms with Gasteiger partial charge in [-0.25, -0.2) is 22.3 Å². The van der Waals surface area contributed by atoms with E-state index in [0.717, 1.165) is 0 Å². The summed E-state index contributed by atoms with van der Waals surface area (Å²) in [6.45, 7) is 4.70. The zero-order valence-electron chi connectivity index (χ0n) is 10.6. The lowest BCUT2D eigenvalue weighted by Gasteiger charge is -2.18. The number of benzene rings is 1. The second-order valence-corrected chi connectivity index (χ2v) is 6.57. The Hall–Kier alpha value is -1.54. The van der Waals surface area contributed by atoms with Gasteiger partial charge in [0.05, 0.1) is 4.90 Å². The molecule has 0 aliphatic rings. The minimum Gasteiger partial charge on any atom is -0.321 e. The number of rotatable bonds is 2. The van der Waals surface area contributed by atoms with Gasteiger partial charge in [-0.2, -0.15) is 0 Å². The predicted octanol–water partition coefficient (Wildman–Crippen LogP) is 1.60. The van der Waals surface area contributed by atoms with Gasteiger partial charge < -0.3 is 5.32 Å². The van der Waals surface area contributed by atoms with E-state index in [4.69, 9.17) is 5.14 Å². The summed E-state index contributed by atoms with van der Waals surface area (Å²) >= 11 is 0. The highest BCUT2D eigenvalue weighted by molar-refractivity contribution is 7.89. The highest BCUT2D eigenvalue weighted by Gasteiger charge is 2.25. The van der Waals surface area contributed by atoms with Crippen LogP contribution in [0.3, 0.4) is 0 Å². The van der Waals surface area contributed by atoms with Crippen LogP contribution in [0.5, 0.6) is 0 Å². The summed E-state index contributed by atoms with van der Waals surface area (Å²) in [7, 11) is -4.21. The molecule has 0 aliphatic carbocycles. The molecule has 0 aliphatic heterocycles. The number of hydrogen-bond acceptors (Lipinski definition) is 3. The summed E-state index contributed by atoms with van der Waals surface area (Å²) in [5, 5.41) is 6.84. The molecule has 0 radical (unpaired) electrons. The van der Waals surface area contributed by atoms with E-state index >= 15 is 0 Å². The zero-order chi connectivity index (χ0) is 15.0. The maximum Gasteiger partial charge on any atom is 0.238 e. The Bertz CT molecular complexity index is 598. The Morgan fingerprint density at radius 3 is 1.95 bits per heavy atom. The summed E-state index contributed by atoms with van der Waals surface area (Å²) in [4.78, 5) is 10.9. The molecule has 1 amide bonds. The van der Waals surface area contributed by atoms with Crippen LogP contribution in [0.2, 0.25) is 0 Å². The van der Waals surface area contributed by atoms with Crippen molar-refractivity contribution in [1.29, 1.82) is 0 Å². The number of halogens is 2. The standard InChI is InChI=1S/C11H14F2N2O3S/c1-11(2,3)10(16)15-9-7(12)4-6(5-8(9)13)19(14,17)18/h4-5H,1-3H3,(H,15,16)(H2,14,17,18). The molecule has 0 saturated carbocycles. The van der Waals surface area contributed by atoms with Gasteiger partial charge in [0.15, 0.2) is 11.6 Å². The number of nitrogens with one attached hydrogen (secondary N) is 1. The number of amides is 1. The third-order valence-electron chi connectivity index (χ3n) is 2.26. The predicted molar refractivity (Wildman–Crippen MR) is 65.8 cm³/mol. The zero-order valence-corrected chi connectivity index (χ0v) is 11.4. The first-order valence-electron chi connectivity index (χ1n) is 5.26. The number of sulfonamides is 1. The van der Waals surface area contributed by atoms with Crippen molar-refractivity contribution >= 4 is 21.6 Å². The summed E-state index contributed by atoms with van der Waals surface area (Å²) in [5.41, 5.74) is -1.55. The van der Waals surface area contributed by atoms with Crippen molar-refractivity contribution in [3.63, 3.8) is 0 Å². The quantitative estimate of drug-likeness (QED) is 0.867. The smallest absolute Gasteiger partial charge is 0.238 e. The molecular formula is C11H14F2N2O3S. The Morgan fingerprint density at radius 1 is 1.21 bits per heavy atom. The van der Waals surface area contributed by atoms with Gasteiger partial charge in [0.2, 0.25) is 15.9 Å². The van der Waals surface area contributed by atoms with E-state index in [1.807, 2.05) is 0 Å². The molecular weight excluding hydrogens is 278 g/mol. The van der Waals surface area contributed by atoms with E-state index in [9.17, 15) is 22.0 Å². The molecule has 0 spiro atoms. The highest BCUT2D eigenvalue weighted by atomic mass is 32.2.